The molecule has 2 aliphatic rings. The Morgan fingerprint density at radius 2 is 1.68 bits per heavy atom. The smallest absolute Gasteiger partial charge is 0.226 e. The highest BCUT2D eigenvalue weighted by Gasteiger charge is 2.40. The Hall–Kier alpha value is -3.64. The van der Waals surface area contributed by atoms with E-state index in [9.17, 15) is 4.39 Å². The number of hydrogen-bond donors (Lipinski definition) is 1. The van der Waals surface area contributed by atoms with Gasteiger partial charge < -0.3 is 10.1 Å². The number of aromatic nitrogens is 3. The maximum atomic E-state index is 13.7. The summed E-state index contributed by atoms with van der Waals surface area (Å²) in [5, 5.41) is 8.57. The molecule has 5 nitrogen and oxygen atoms in total. The minimum Gasteiger partial charge on any atom is -0.480 e. The molecule has 152 valence electrons. The highest BCUT2D eigenvalue weighted by Crippen LogP contribution is 2.50. The van der Waals surface area contributed by atoms with Crippen LogP contribution in [-0.2, 0) is 0 Å². The predicted octanol–water partition coefficient (Wildman–Crippen LogP) is 5.63. The van der Waals surface area contributed by atoms with E-state index in [0.29, 0.717) is 11.0 Å². The molecule has 0 bridgehead atoms. The average molecular weight is 431 g/mol. The molecule has 0 amide bonds. The van der Waals surface area contributed by atoms with Crippen molar-refractivity contribution in [1.29, 1.82) is 0 Å². The van der Waals surface area contributed by atoms with Gasteiger partial charge in [0.05, 0.1) is 5.70 Å². The molecule has 0 fully saturated rings. The second kappa shape index (κ2) is 6.96. The Morgan fingerprint density at radius 1 is 0.935 bits per heavy atom. The molecule has 6 rings (SSSR count). The minimum absolute atomic E-state index is 0.287. The Labute approximate surface area is 182 Å². The third kappa shape index (κ3) is 2.91. The van der Waals surface area contributed by atoms with Crippen LogP contribution in [-0.4, -0.2) is 14.8 Å². The van der Waals surface area contributed by atoms with E-state index in [1.165, 1.54) is 18.5 Å². The van der Waals surface area contributed by atoms with Crippen LogP contribution in [0.4, 0.5) is 10.3 Å². The molecule has 1 N–H and O–H groups in total. The Morgan fingerprint density at radius 3 is 2.48 bits per heavy atom. The highest BCUT2D eigenvalue weighted by atomic mass is 35.5. The Kier molecular flexibility index (Phi) is 4.07. The topological polar surface area (TPSA) is 52.0 Å². The number of benzene rings is 3. The maximum Gasteiger partial charge on any atom is 0.226 e. The number of rotatable bonds is 2. The van der Waals surface area contributed by atoms with Gasteiger partial charge in [0, 0.05) is 16.2 Å². The van der Waals surface area contributed by atoms with Crippen LogP contribution in [0.3, 0.4) is 0 Å². The van der Waals surface area contributed by atoms with Crippen LogP contribution in [0.1, 0.15) is 28.8 Å². The second-order valence-electron chi connectivity index (χ2n) is 7.48. The number of hydrogen-bond acceptors (Lipinski definition) is 4. The van der Waals surface area contributed by atoms with Crippen LogP contribution < -0.4 is 10.1 Å². The summed E-state index contributed by atoms with van der Waals surface area (Å²) in [6, 6.07) is 21.7. The van der Waals surface area contributed by atoms with Crippen LogP contribution in [0, 0.1) is 5.82 Å². The molecular formula is C24H16ClFN4O. The summed E-state index contributed by atoms with van der Waals surface area (Å²) in [5.74, 6) is 1.12. The van der Waals surface area contributed by atoms with Gasteiger partial charge in [0.2, 0.25) is 5.95 Å². The molecule has 1 aromatic heterocycles. The zero-order chi connectivity index (χ0) is 20.9. The molecule has 0 aliphatic carbocycles. The third-order valence-corrected chi connectivity index (χ3v) is 5.93. The number of para-hydroxylation sites is 1. The summed E-state index contributed by atoms with van der Waals surface area (Å²) in [5.41, 5.74) is 4.71. The van der Waals surface area contributed by atoms with Crippen molar-refractivity contribution in [2.75, 3.05) is 5.32 Å². The lowest BCUT2D eigenvalue weighted by molar-refractivity contribution is 0.223. The largest absolute Gasteiger partial charge is 0.480 e. The molecule has 3 aromatic carbocycles. The van der Waals surface area contributed by atoms with Crippen LogP contribution in [0.5, 0.6) is 5.75 Å². The normalized spacial score (nSPS) is 19.0. The SMILES string of the molecule is Fc1ccc([C@H]2C3=C(Nc4ncnn42)c2ccccc2O[C@H]3c2ccc(Cl)cc2)cc1. The first kappa shape index (κ1) is 18.2. The van der Waals surface area contributed by atoms with E-state index < -0.39 is 0 Å². The van der Waals surface area contributed by atoms with Crippen molar-refractivity contribution in [2.24, 2.45) is 0 Å². The van der Waals surface area contributed by atoms with E-state index in [1.54, 1.807) is 12.1 Å². The first-order valence-corrected chi connectivity index (χ1v) is 10.2. The van der Waals surface area contributed by atoms with Crippen molar-refractivity contribution in [1.82, 2.24) is 14.8 Å². The van der Waals surface area contributed by atoms with Gasteiger partial charge in [-0.05, 0) is 47.5 Å². The van der Waals surface area contributed by atoms with Gasteiger partial charge in [-0.25, -0.2) is 9.07 Å². The molecule has 2 atom stereocenters. The van der Waals surface area contributed by atoms with Crippen LogP contribution in [0.25, 0.3) is 5.70 Å². The van der Waals surface area contributed by atoms with E-state index in [1.807, 2.05) is 53.2 Å². The zero-order valence-corrected chi connectivity index (χ0v) is 16.9. The molecule has 2 aliphatic heterocycles. The Bertz CT molecular complexity index is 1310. The number of nitrogens with one attached hydrogen (secondary N) is 1. The first-order chi connectivity index (χ1) is 15.2. The average Bonchev–Trinajstić information content (AvgIpc) is 3.27. The summed E-state index contributed by atoms with van der Waals surface area (Å²) in [6.45, 7) is 0. The number of fused-ring (bicyclic) bond motifs is 3. The summed E-state index contributed by atoms with van der Waals surface area (Å²) in [7, 11) is 0. The summed E-state index contributed by atoms with van der Waals surface area (Å²) >= 11 is 6.14. The van der Waals surface area contributed by atoms with Crippen molar-refractivity contribution < 1.29 is 9.13 Å². The third-order valence-electron chi connectivity index (χ3n) is 5.68. The van der Waals surface area contributed by atoms with Crippen molar-refractivity contribution in [3.05, 3.63) is 112 Å². The number of nitrogens with zero attached hydrogens (tertiary/aromatic N) is 3. The van der Waals surface area contributed by atoms with Gasteiger partial charge in [-0.3, -0.25) is 0 Å². The van der Waals surface area contributed by atoms with Gasteiger partial charge in [-0.15, -0.1) is 0 Å². The lowest BCUT2D eigenvalue weighted by Gasteiger charge is -2.39. The summed E-state index contributed by atoms with van der Waals surface area (Å²) < 4.78 is 22.0. The van der Waals surface area contributed by atoms with Crippen molar-refractivity contribution in [2.45, 2.75) is 12.1 Å². The number of ether oxygens (including phenoxy) is 1. The molecule has 0 unspecified atom stereocenters. The second-order valence-corrected chi connectivity index (χ2v) is 7.92. The summed E-state index contributed by atoms with van der Waals surface area (Å²) in [6.07, 6.45) is 1.13. The molecule has 0 spiro atoms. The maximum absolute atomic E-state index is 13.7. The molecule has 0 saturated heterocycles. The van der Waals surface area contributed by atoms with E-state index in [0.717, 1.165) is 33.7 Å². The van der Waals surface area contributed by atoms with E-state index in [2.05, 4.69) is 15.4 Å². The van der Waals surface area contributed by atoms with Crippen molar-refractivity contribution in [3.63, 3.8) is 0 Å². The number of halogens is 2. The molecule has 4 aromatic rings. The molecule has 31 heavy (non-hydrogen) atoms. The van der Waals surface area contributed by atoms with Crippen LogP contribution >= 0.6 is 11.6 Å². The number of anilines is 1. The monoisotopic (exact) mass is 430 g/mol. The fourth-order valence-corrected chi connectivity index (χ4v) is 4.42. The molecule has 0 radical (unpaired) electrons. The van der Waals surface area contributed by atoms with Gasteiger partial charge in [-0.1, -0.05) is 48.0 Å². The lowest BCUT2D eigenvalue weighted by atomic mass is 9.84. The van der Waals surface area contributed by atoms with E-state index in [-0.39, 0.29) is 18.0 Å². The van der Waals surface area contributed by atoms with Gasteiger partial charge >= 0.3 is 0 Å². The fourth-order valence-electron chi connectivity index (χ4n) is 4.30. The summed E-state index contributed by atoms with van der Waals surface area (Å²) in [4.78, 5) is 4.40. The molecular weight excluding hydrogens is 415 g/mol. The standard InChI is InChI=1S/C24H16ClFN4O/c25-16-9-5-15(6-10-16)23-20-21(18-3-1-2-4-19(18)31-23)29-24-27-13-28-30(24)22(20)14-7-11-17(26)12-8-14/h1-13,22-23H,(H,27,28,29)/t22-,23-/m0/s1. The van der Waals surface area contributed by atoms with Crippen LogP contribution in [0.2, 0.25) is 5.02 Å². The fraction of sp³-hybridized carbons (Fsp3) is 0.0833. The quantitative estimate of drug-likeness (QED) is 0.447. The lowest BCUT2D eigenvalue weighted by Crippen LogP contribution is -2.32. The zero-order valence-electron chi connectivity index (χ0n) is 16.2. The van der Waals surface area contributed by atoms with E-state index in [4.69, 9.17) is 16.3 Å². The molecule has 3 heterocycles. The van der Waals surface area contributed by atoms with Gasteiger partial charge in [0.1, 0.15) is 30.0 Å². The first-order valence-electron chi connectivity index (χ1n) is 9.86. The van der Waals surface area contributed by atoms with Crippen molar-refractivity contribution in [3.8, 4) is 5.75 Å². The molecule has 0 saturated carbocycles. The molecule has 7 heteroatoms. The predicted molar refractivity (Wildman–Crippen MR) is 116 cm³/mol. The van der Waals surface area contributed by atoms with Gasteiger partial charge in [0.15, 0.2) is 0 Å². The Balaban J connectivity index is 1.62. The van der Waals surface area contributed by atoms with Crippen LogP contribution in [0.15, 0.2) is 84.7 Å². The van der Waals surface area contributed by atoms with Gasteiger partial charge in [0.25, 0.3) is 0 Å². The van der Waals surface area contributed by atoms with Gasteiger partial charge in [-0.2, -0.15) is 10.1 Å². The highest BCUT2D eigenvalue weighted by molar-refractivity contribution is 6.30. The minimum atomic E-state index is -0.387. The van der Waals surface area contributed by atoms with Crippen molar-refractivity contribution >= 4 is 23.2 Å². The van der Waals surface area contributed by atoms with E-state index >= 15 is 0 Å².